The lowest BCUT2D eigenvalue weighted by Crippen LogP contribution is -2.10. The van der Waals surface area contributed by atoms with Gasteiger partial charge in [0, 0.05) is 0 Å². The highest BCUT2D eigenvalue weighted by atomic mass is 14.3. The van der Waals surface area contributed by atoms with Crippen molar-refractivity contribution >= 4 is 5.57 Å². The van der Waals surface area contributed by atoms with Crippen molar-refractivity contribution in [2.45, 2.75) is 34.6 Å². The molecule has 0 saturated carbocycles. The van der Waals surface area contributed by atoms with Gasteiger partial charge in [-0.15, -0.1) is 0 Å². The molecule has 18 heavy (non-hydrogen) atoms. The summed E-state index contributed by atoms with van der Waals surface area (Å²) >= 11 is 0. The van der Waals surface area contributed by atoms with E-state index in [2.05, 4.69) is 77.1 Å². The Bertz CT molecular complexity index is 531. The Hall–Kier alpha value is -1.56. The highest BCUT2D eigenvalue weighted by Gasteiger charge is 2.24. The fourth-order valence-electron chi connectivity index (χ4n) is 2.43. The van der Waals surface area contributed by atoms with Crippen molar-refractivity contribution in [2.24, 2.45) is 5.41 Å². The molecule has 94 valence electrons. The molecule has 0 nitrogen and oxygen atoms in total. The van der Waals surface area contributed by atoms with Crippen LogP contribution in [0.15, 0.2) is 59.2 Å². The summed E-state index contributed by atoms with van der Waals surface area (Å²) in [5.74, 6) is 0. The fourth-order valence-corrected chi connectivity index (χ4v) is 2.43. The van der Waals surface area contributed by atoms with Gasteiger partial charge in [0.05, 0.1) is 0 Å². The van der Waals surface area contributed by atoms with E-state index in [0.717, 1.165) is 0 Å². The highest BCUT2D eigenvalue weighted by molar-refractivity contribution is 5.77. The second-order valence-electron chi connectivity index (χ2n) is 6.10. The summed E-state index contributed by atoms with van der Waals surface area (Å²) in [7, 11) is 0. The summed E-state index contributed by atoms with van der Waals surface area (Å²) in [5, 5.41) is 0. The lowest BCUT2D eigenvalue weighted by molar-refractivity contribution is 0.514. The lowest BCUT2D eigenvalue weighted by atomic mass is 9.81. The molecule has 0 aromatic heterocycles. The van der Waals surface area contributed by atoms with Crippen LogP contribution in [0.3, 0.4) is 0 Å². The predicted molar refractivity (Wildman–Crippen MR) is 80.3 cm³/mol. The van der Waals surface area contributed by atoms with E-state index in [-0.39, 0.29) is 5.41 Å². The molecule has 0 heterocycles. The molecule has 1 aliphatic rings. The van der Waals surface area contributed by atoms with Crippen LogP contribution in [0.5, 0.6) is 0 Å². The first-order valence-electron chi connectivity index (χ1n) is 6.57. The SMILES string of the molecule is CC1=CC(=C(C)c2ccccc2)C(C(C)(C)C)=C1. The van der Waals surface area contributed by atoms with Gasteiger partial charge in [-0.25, -0.2) is 0 Å². The molecule has 0 aliphatic heterocycles. The van der Waals surface area contributed by atoms with Gasteiger partial charge in [0.1, 0.15) is 0 Å². The Morgan fingerprint density at radius 2 is 1.56 bits per heavy atom. The molecule has 0 saturated heterocycles. The molecule has 0 N–H and O–H groups in total. The number of rotatable bonds is 1. The Balaban J connectivity index is 2.53. The van der Waals surface area contributed by atoms with Crippen molar-refractivity contribution in [3.8, 4) is 0 Å². The molecular formula is C18H22. The maximum absolute atomic E-state index is 2.32. The minimum atomic E-state index is 0.194. The molecule has 0 bridgehead atoms. The number of hydrogen-bond donors (Lipinski definition) is 0. The number of hydrogen-bond acceptors (Lipinski definition) is 0. The summed E-state index contributed by atoms with van der Waals surface area (Å²) in [6.07, 6.45) is 4.63. The second kappa shape index (κ2) is 4.61. The van der Waals surface area contributed by atoms with Crippen LogP contribution in [0.25, 0.3) is 5.57 Å². The van der Waals surface area contributed by atoms with Gasteiger partial charge in [0.15, 0.2) is 0 Å². The maximum atomic E-state index is 2.32. The van der Waals surface area contributed by atoms with Gasteiger partial charge in [0.25, 0.3) is 0 Å². The molecule has 1 aliphatic carbocycles. The van der Waals surface area contributed by atoms with Gasteiger partial charge < -0.3 is 0 Å². The van der Waals surface area contributed by atoms with Crippen molar-refractivity contribution in [1.82, 2.24) is 0 Å². The van der Waals surface area contributed by atoms with Gasteiger partial charge in [0.2, 0.25) is 0 Å². The van der Waals surface area contributed by atoms with E-state index >= 15 is 0 Å². The zero-order valence-corrected chi connectivity index (χ0v) is 12.0. The summed E-state index contributed by atoms with van der Waals surface area (Å²) in [5.41, 5.74) is 7.07. The predicted octanol–water partition coefficient (Wildman–Crippen LogP) is 5.39. The zero-order valence-electron chi connectivity index (χ0n) is 12.0. The number of benzene rings is 1. The zero-order chi connectivity index (χ0) is 13.3. The van der Waals surface area contributed by atoms with E-state index in [0.29, 0.717) is 0 Å². The van der Waals surface area contributed by atoms with Crippen LogP contribution in [-0.2, 0) is 0 Å². The van der Waals surface area contributed by atoms with Gasteiger partial charge in [-0.3, -0.25) is 0 Å². The van der Waals surface area contributed by atoms with E-state index in [1.165, 1.54) is 27.9 Å². The monoisotopic (exact) mass is 238 g/mol. The van der Waals surface area contributed by atoms with E-state index in [4.69, 9.17) is 0 Å². The van der Waals surface area contributed by atoms with E-state index in [1.54, 1.807) is 0 Å². The van der Waals surface area contributed by atoms with Gasteiger partial charge in [-0.2, -0.15) is 0 Å². The third kappa shape index (κ3) is 2.48. The van der Waals surface area contributed by atoms with Gasteiger partial charge in [-0.1, -0.05) is 68.8 Å². The molecule has 2 rings (SSSR count). The van der Waals surface area contributed by atoms with Gasteiger partial charge in [-0.05, 0) is 41.5 Å². The first-order valence-corrected chi connectivity index (χ1v) is 6.57. The summed E-state index contributed by atoms with van der Waals surface area (Å²) in [6, 6.07) is 10.6. The van der Waals surface area contributed by atoms with E-state index in [1.807, 2.05) is 0 Å². The Morgan fingerprint density at radius 1 is 0.944 bits per heavy atom. The molecule has 0 fully saturated rings. The van der Waals surface area contributed by atoms with Crippen LogP contribution in [0.2, 0.25) is 0 Å². The summed E-state index contributed by atoms with van der Waals surface area (Å²) in [4.78, 5) is 0. The minimum Gasteiger partial charge on any atom is -0.0622 e. The maximum Gasteiger partial charge on any atom is -0.0126 e. The summed E-state index contributed by atoms with van der Waals surface area (Å²) in [6.45, 7) is 11.2. The Labute approximate surface area is 111 Å². The third-order valence-corrected chi connectivity index (χ3v) is 3.45. The molecular weight excluding hydrogens is 216 g/mol. The summed E-state index contributed by atoms with van der Waals surface area (Å²) < 4.78 is 0. The molecule has 0 radical (unpaired) electrons. The highest BCUT2D eigenvalue weighted by Crippen LogP contribution is 2.40. The molecule has 0 heteroatoms. The van der Waals surface area contributed by atoms with E-state index in [9.17, 15) is 0 Å². The topological polar surface area (TPSA) is 0 Å². The first-order chi connectivity index (χ1) is 8.39. The molecule has 0 atom stereocenters. The largest absolute Gasteiger partial charge is 0.0622 e. The smallest absolute Gasteiger partial charge is 0.0126 e. The van der Waals surface area contributed by atoms with Crippen molar-refractivity contribution in [3.63, 3.8) is 0 Å². The molecule has 0 spiro atoms. The van der Waals surface area contributed by atoms with Crippen LogP contribution in [0.4, 0.5) is 0 Å². The van der Waals surface area contributed by atoms with E-state index < -0.39 is 0 Å². The Morgan fingerprint density at radius 3 is 2.11 bits per heavy atom. The molecule has 0 amide bonds. The van der Waals surface area contributed by atoms with Crippen molar-refractivity contribution in [2.75, 3.05) is 0 Å². The van der Waals surface area contributed by atoms with Gasteiger partial charge >= 0.3 is 0 Å². The van der Waals surface area contributed by atoms with Crippen molar-refractivity contribution in [1.29, 1.82) is 0 Å². The lowest BCUT2D eigenvalue weighted by Gasteiger charge is -2.23. The molecule has 1 aromatic carbocycles. The van der Waals surface area contributed by atoms with Crippen molar-refractivity contribution in [3.05, 3.63) is 64.8 Å². The van der Waals surface area contributed by atoms with Crippen molar-refractivity contribution < 1.29 is 0 Å². The Kier molecular flexibility index (Phi) is 3.30. The van der Waals surface area contributed by atoms with Crippen LogP contribution in [0.1, 0.15) is 40.2 Å². The minimum absolute atomic E-state index is 0.194. The van der Waals surface area contributed by atoms with Crippen LogP contribution in [0, 0.1) is 5.41 Å². The quantitative estimate of drug-likeness (QED) is 0.615. The molecule has 0 unspecified atom stereocenters. The van der Waals surface area contributed by atoms with Crippen LogP contribution >= 0.6 is 0 Å². The third-order valence-electron chi connectivity index (χ3n) is 3.45. The number of allylic oxidation sites excluding steroid dienone is 6. The normalized spacial score (nSPS) is 18.5. The standard InChI is InChI=1S/C18H22/c1-13-11-16(17(12-13)18(3,4)5)14(2)15-9-7-6-8-10-15/h6-12H,1-5H3. The molecule has 1 aromatic rings. The second-order valence-corrected chi connectivity index (χ2v) is 6.10. The van der Waals surface area contributed by atoms with Crippen LogP contribution < -0.4 is 0 Å². The average Bonchev–Trinajstić information content (AvgIpc) is 2.71. The first kappa shape index (κ1) is 12.9. The van der Waals surface area contributed by atoms with Crippen LogP contribution in [-0.4, -0.2) is 0 Å². The fraction of sp³-hybridized carbons (Fsp3) is 0.333. The average molecular weight is 238 g/mol.